The van der Waals surface area contributed by atoms with Gasteiger partial charge in [-0.25, -0.2) is 9.67 Å². The maximum Gasteiger partial charge on any atom is 0.260 e. The minimum Gasteiger partial charge on any atom is -0.378 e. The number of carbonyl (C=O) groups excluding carboxylic acids is 1. The summed E-state index contributed by atoms with van der Waals surface area (Å²) in [6.45, 7) is 3.13. The average Bonchev–Trinajstić information content (AvgIpc) is 3.20. The summed E-state index contributed by atoms with van der Waals surface area (Å²) in [5, 5.41) is 7.67. The summed E-state index contributed by atoms with van der Waals surface area (Å²) in [4.78, 5) is 19.0. The Labute approximate surface area is 161 Å². The van der Waals surface area contributed by atoms with E-state index < -0.39 is 0 Å². The molecule has 4 rings (SSSR count). The van der Waals surface area contributed by atoms with E-state index in [1.54, 1.807) is 35.3 Å². The second-order valence-corrected chi connectivity index (χ2v) is 6.54. The van der Waals surface area contributed by atoms with E-state index in [9.17, 15) is 4.79 Å². The standard InChI is InChI=1S/C19H18ClN5O2/c20-15-1-3-16(4-2-15)25-13-14(11-22-25)19(26)23-18-6-5-17(12-21-18)24-7-9-27-10-8-24/h1-6,11-13H,7-10H2,(H,21,23,26). The van der Waals surface area contributed by atoms with E-state index >= 15 is 0 Å². The maximum atomic E-state index is 12.4. The number of rotatable bonds is 4. The molecule has 138 valence electrons. The fourth-order valence-corrected chi connectivity index (χ4v) is 2.96. The van der Waals surface area contributed by atoms with Crippen molar-refractivity contribution in [2.24, 2.45) is 0 Å². The highest BCUT2D eigenvalue weighted by Crippen LogP contribution is 2.17. The molecular formula is C19H18ClN5O2. The number of nitrogens with one attached hydrogen (secondary N) is 1. The molecule has 0 spiro atoms. The fourth-order valence-electron chi connectivity index (χ4n) is 2.83. The molecule has 3 aromatic rings. The van der Waals surface area contributed by atoms with Crippen LogP contribution >= 0.6 is 11.6 Å². The Bertz CT molecular complexity index is 918. The van der Waals surface area contributed by atoms with Gasteiger partial charge in [-0.3, -0.25) is 4.79 Å². The molecule has 0 unspecified atom stereocenters. The van der Waals surface area contributed by atoms with Crippen molar-refractivity contribution in [1.82, 2.24) is 14.8 Å². The van der Waals surface area contributed by atoms with E-state index in [1.807, 2.05) is 18.2 Å². The first kappa shape index (κ1) is 17.5. The first-order chi connectivity index (χ1) is 13.2. The van der Waals surface area contributed by atoms with Crippen LogP contribution in [0.2, 0.25) is 5.02 Å². The third kappa shape index (κ3) is 4.10. The molecule has 27 heavy (non-hydrogen) atoms. The van der Waals surface area contributed by atoms with Gasteiger partial charge in [0.25, 0.3) is 5.91 Å². The summed E-state index contributed by atoms with van der Waals surface area (Å²) in [6, 6.07) is 11.0. The lowest BCUT2D eigenvalue weighted by molar-refractivity contribution is 0.102. The Balaban J connectivity index is 1.42. The highest BCUT2D eigenvalue weighted by molar-refractivity contribution is 6.30. The van der Waals surface area contributed by atoms with Crippen LogP contribution in [0.3, 0.4) is 0 Å². The zero-order chi connectivity index (χ0) is 18.6. The van der Waals surface area contributed by atoms with E-state index in [1.165, 1.54) is 6.20 Å². The molecule has 1 saturated heterocycles. The number of halogens is 1. The van der Waals surface area contributed by atoms with Gasteiger partial charge in [0.05, 0.1) is 42.5 Å². The van der Waals surface area contributed by atoms with Gasteiger partial charge in [0.2, 0.25) is 0 Å². The monoisotopic (exact) mass is 383 g/mol. The van der Waals surface area contributed by atoms with Crippen LogP contribution in [0.15, 0.2) is 55.0 Å². The molecule has 1 aliphatic heterocycles. The van der Waals surface area contributed by atoms with Crippen molar-refractivity contribution in [3.8, 4) is 5.69 Å². The van der Waals surface area contributed by atoms with Gasteiger partial charge in [-0.1, -0.05) is 11.6 Å². The van der Waals surface area contributed by atoms with Crippen molar-refractivity contribution in [3.05, 3.63) is 65.6 Å². The van der Waals surface area contributed by atoms with Gasteiger partial charge in [0.1, 0.15) is 5.82 Å². The van der Waals surface area contributed by atoms with E-state index in [4.69, 9.17) is 16.3 Å². The summed E-state index contributed by atoms with van der Waals surface area (Å²) in [7, 11) is 0. The van der Waals surface area contributed by atoms with Crippen LogP contribution in [-0.4, -0.2) is 47.0 Å². The van der Waals surface area contributed by atoms with Crippen molar-refractivity contribution in [2.75, 3.05) is 36.5 Å². The third-order valence-corrected chi connectivity index (χ3v) is 4.55. The Morgan fingerprint density at radius 1 is 1.04 bits per heavy atom. The molecule has 0 radical (unpaired) electrons. The van der Waals surface area contributed by atoms with Crippen molar-refractivity contribution in [1.29, 1.82) is 0 Å². The first-order valence-electron chi connectivity index (χ1n) is 8.60. The number of nitrogens with zero attached hydrogens (tertiary/aromatic N) is 4. The number of aromatic nitrogens is 3. The number of carbonyl (C=O) groups is 1. The van der Waals surface area contributed by atoms with Gasteiger partial charge in [-0.2, -0.15) is 5.10 Å². The summed E-state index contributed by atoms with van der Waals surface area (Å²) >= 11 is 5.90. The number of hydrogen-bond acceptors (Lipinski definition) is 5. The summed E-state index contributed by atoms with van der Waals surface area (Å²) in [5.41, 5.74) is 2.29. The lowest BCUT2D eigenvalue weighted by Crippen LogP contribution is -2.36. The first-order valence-corrected chi connectivity index (χ1v) is 8.97. The van der Waals surface area contributed by atoms with Crippen LogP contribution in [0.25, 0.3) is 5.69 Å². The molecule has 7 nitrogen and oxygen atoms in total. The SMILES string of the molecule is O=C(Nc1ccc(N2CCOCC2)cn1)c1cnn(-c2ccc(Cl)cc2)c1. The summed E-state index contributed by atoms with van der Waals surface area (Å²) < 4.78 is 6.98. The minimum absolute atomic E-state index is 0.262. The molecule has 2 aromatic heterocycles. The zero-order valence-electron chi connectivity index (χ0n) is 14.5. The van der Waals surface area contributed by atoms with E-state index in [2.05, 4.69) is 20.3 Å². The molecule has 1 aliphatic rings. The zero-order valence-corrected chi connectivity index (χ0v) is 15.3. The predicted octanol–water partition coefficient (Wildman–Crippen LogP) is 3.01. The van der Waals surface area contributed by atoms with E-state index in [-0.39, 0.29) is 5.91 Å². The lowest BCUT2D eigenvalue weighted by Gasteiger charge is -2.28. The molecule has 1 aromatic carbocycles. The second kappa shape index (κ2) is 7.77. The molecule has 3 heterocycles. The molecule has 1 N–H and O–H groups in total. The molecule has 0 atom stereocenters. The van der Waals surface area contributed by atoms with Crippen molar-refractivity contribution in [3.63, 3.8) is 0 Å². The van der Waals surface area contributed by atoms with E-state index in [0.29, 0.717) is 16.4 Å². The van der Waals surface area contributed by atoms with E-state index in [0.717, 1.165) is 37.7 Å². The van der Waals surface area contributed by atoms with Crippen molar-refractivity contribution >= 4 is 29.0 Å². The Kier molecular flexibility index (Phi) is 5.04. The van der Waals surface area contributed by atoms with Gasteiger partial charge in [-0.15, -0.1) is 0 Å². The van der Waals surface area contributed by atoms with Crippen molar-refractivity contribution < 1.29 is 9.53 Å². The topological polar surface area (TPSA) is 72.3 Å². The molecule has 0 aliphatic carbocycles. The van der Waals surface area contributed by atoms with Crippen LogP contribution in [0.1, 0.15) is 10.4 Å². The number of hydrogen-bond donors (Lipinski definition) is 1. The van der Waals surface area contributed by atoms with Crippen LogP contribution in [-0.2, 0) is 4.74 Å². The van der Waals surface area contributed by atoms with Gasteiger partial charge in [-0.05, 0) is 36.4 Å². The number of anilines is 2. The van der Waals surface area contributed by atoms with Crippen LogP contribution < -0.4 is 10.2 Å². The molecular weight excluding hydrogens is 366 g/mol. The minimum atomic E-state index is -0.262. The maximum absolute atomic E-state index is 12.4. The molecule has 8 heteroatoms. The normalized spacial score (nSPS) is 14.2. The predicted molar refractivity (Wildman–Crippen MR) is 104 cm³/mol. The quantitative estimate of drug-likeness (QED) is 0.749. The highest BCUT2D eigenvalue weighted by Gasteiger charge is 2.13. The third-order valence-electron chi connectivity index (χ3n) is 4.30. The van der Waals surface area contributed by atoms with Gasteiger partial charge < -0.3 is 15.0 Å². The number of morpholine rings is 1. The summed E-state index contributed by atoms with van der Waals surface area (Å²) in [6.07, 6.45) is 4.95. The van der Waals surface area contributed by atoms with Gasteiger partial charge in [0.15, 0.2) is 0 Å². The highest BCUT2D eigenvalue weighted by atomic mass is 35.5. The lowest BCUT2D eigenvalue weighted by atomic mass is 10.3. The van der Waals surface area contributed by atoms with Crippen LogP contribution in [0.4, 0.5) is 11.5 Å². The average molecular weight is 384 g/mol. The van der Waals surface area contributed by atoms with Gasteiger partial charge >= 0.3 is 0 Å². The Morgan fingerprint density at radius 3 is 2.48 bits per heavy atom. The van der Waals surface area contributed by atoms with Crippen LogP contribution in [0, 0.1) is 0 Å². The molecule has 0 bridgehead atoms. The van der Waals surface area contributed by atoms with Crippen LogP contribution in [0.5, 0.6) is 0 Å². The van der Waals surface area contributed by atoms with Crippen molar-refractivity contribution in [2.45, 2.75) is 0 Å². The largest absolute Gasteiger partial charge is 0.378 e. The number of ether oxygens (including phenoxy) is 1. The molecule has 1 fully saturated rings. The number of benzene rings is 1. The second-order valence-electron chi connectivity index (χ2n) is 6.11. The Morgan fingerprint density at radius 2 is 1.78 bits per heavy atom. The summed E-state index contributed by atoms with van der Waals surface area (Å²) in [5.74, 6) is 0.234. The fraction of sp³-hybridized carbons (Fsp3) is 0.211. The number of pyridine rings is 1. The van der Waals surface area contributed by atoms with Gasteiger partial charge in [0, 0.05) is 24.3 Å². The number of amides is 1. The Hall–Kier alpha value is -2.90. The smallest absolute Gasteiger partial charge is 0.260 e. The molecule has 0 saturated carbocycles. The molecule has 1 amide bonds.